The lowest BCUT2D eigenvalue weighted by atomic mass is 10.1. The minimum absolute atomic E-state index is 0.178. The van der Waals surface area contributed by atoms with Crippen LogP contribution in [0.4, 0.5) is 10.5 Å². The zero-order valence-electron chi connectivity index (χ0n) is 15.9. The first-order valence-electron chi connectivity index (χ1n) is 8.74. The molecule has 1 N–H and O–H groups in total. The molecule has 1 aromatic heterocycles. The lowest BCUT2D eigenvalue weighted by Gasteiger charge is -2.12. The van der Waals surface area contributed by atoms with E-state index in [1.54, 1.807) is 18.8 Å². The predicted octanol–water partition coefficient (Wildman–Crippen LogP) is 3.73. The van der Waals surface area contributed by atoms with E-state index < -0.39 is 0 Å². The standard InChI is InChI=1S/C20H23N5O2/c1-5-27-19-22-18(17-9-7-6-8-14(17)2)25(23-19)16-12-10-15(11-13-16)21-20(26)24(3)4/h6-13H,5H2,1-4H3,(H,21,26). The van der Waals surface area contributed by atoms with Crippen molar-refractivity contribution in [3.8, 4) is 23.1 Å². The van der Waals surface area contributed by atoms with E-state index >= 15 is 0 Å². The Morgan fingerprint density at radius 3 is 2.48 bits per heavy atom. The van der Waals surface area contributed by atoms with Gasteiger partial charge in [0, 0.05) is 25.3 Å². The van der Waals surface area contributed by atoms with Crippen molar-refractivity contribution in [3.05, 3.63) is 54.1 Å². The van der Waals surface area contributed by atoms with Gasteiger partial charge in [-0.2, -0.15) is 4.98 Å². The molecule has 2 amide bonds. The Morgan fingerprint density at radius 1 is 1.15 bits per heavy atom. The molecule has 0 aliphatic rings. The van der Waals surface area contributed by atoms with Crippen LogP contribution < -0.4 is 10.1 Å². The van der Waals surface area contributed by atoms with Crippen molar-refractivity contribution in [2.24, 2.45) is 0 Å². The monoisotopic (exact) mass is 365 g/mol. The van der Waals surface area contributed by atoms with E-state index in [-0.39, 0.29) is 6.03 Å². The quantitative estimate of drug-likeness (QED) is 0.748. The number of nitrogens with zero attached hydrogens (tertiary/aromatic N) is 4. The molecule has 0 spiro atoms. The topological polar surface area (TPSA) is 72.3 Å². The van der Waals surface area contributed by atoms with Crippen molar-refractivity contribution in [1.29, 1.82) is 0 Å². The second kappa shape index (κ2) is 7.90. The number of benzene rings is 2. The third-order valence-electron chi connectivity index (χ3n) is 4.02. The van der Waals surface area contributed by atoms with E-state index in [2.05, 4.69) is 15.4 Å². The van der Waals surface area contributed by atoms with E-state index in [0.29, 0.717) is 24.1 Å². The van der Waals surface area contributed by atoms with Gasteiger partial charge in [-0.15, -0.1) is 5.10 Å². The van der Waals surface area contributed by atoms with Crippen LogP contribution in [0.2, 0.25) is 0 Å². The van der Waals surface area contributed by atoms with Crippen LogP contribution in [0, 0.1) is 6.92 Å². The van der Waals surface area contributed by atoms with Gasteiger partial charge in [-0.1, -0.05) is 24.3 Å². The van der Waals surface area contributed by atoms with Crippen LogP contribution in [0.25, 0.3) is 17.1 Å². The number of carbonyl (C=O) groups excluding carboxylic acids is 1. The zero-order valence-corrected chi connectivity index (χ0v) is 15.9. The molecule has 3 rings (SSSR count). The molecule has 140 valence electrons. The van der Waals surface area contributed by atoms with Gasteiger partial charge >= 0.3 is 12.0 Å². The van der Waals surface area contributed by atoms with Crippen molar-refractivity contribution in [3.63, 3.8) is 0 Å². The average molecular weight is 365 g/mol. The molecule has 0 bridgehead atoms. The van der Waals surface area contributed by atoms with Crippen LogP contribution in [-0.4, -0.2) is 46.4 Å². The van der Waals surface area contributed by atoms with Crippen molar-refractivity contribution in [2.45, 2.75) is 13.8 Å². The number of nitrogens with one attached hydrogen (secondary N) is 1. The second-order valence-corrected chi connectivity index (χ2v) is 6.25. The summed E-state index contributed by atoms with van der Waals surface area (Å²) in [6.45, 7) is 4.43. The summed E-state index contributed by atoms with van der Waals surface area (Å²) in [7, 11) is 3.39. The lowest BCUT2D eigenvalue weighted by molar-refractivity contribution is 0.230. The summed E-state index contributed by atoms with van der Waals surface area (Å²) in [5.74, 6) is 0.710. The van der Waals surface area contributed by atoms with Crippen molar-refractivity contribution in [1.82, 2.24) is 19.7 Å². The molecule has 1 heterocycles. The first-order valence-corrected chi connectivity index (χ1v) is 8.74. The Hall–Kier alpha value is -3.35. The van der Waals surface area contributed by atoms with Gasteiger partial charge in [0.15, 0.2) is 5.82 Å². The summed E-state index contributed by atoms with van der Waals surface area (Å²) < 4.78 is 7.26. The van der Waals surface area contributed by atoms with Gasteiger partial charge in [0.1, 0.15) is 0 Å². The summed E-state index contributed by atoms with van der Waals surface area (Å²) in [4.78, 5) is 17.8. The first-order chi connectivity index (χ1) is 13.0. The maximum absolute atomic E-state index is 11.8. The first kappa shape index (κ1) is 18.4. The van der Waals surface area contributed by atoms with E-state index in [4.69, 9.17) is 4.74 Å². The van der Waals surface area contributed by atoms with Gasteiger partial charge in [-0.3, -0.25) is 0 Å². The van der Waals surface area contributed by atoms with E-state index in [1.165, 1.54) is 4.90 Å². The fourth-order valence-electron chi connectivity index (χ4n) is 2.58. The number of aromatic nitrogens is 3. The predicted molar refractivity (Wildman–Crippen MR) is 105 cm³/mol. The minimum Gasteiger partial charge on any atom is -0.463 e. The number of ether oxygens (including phenoxy) is 1. The van der Waals surface area contributed by atoms with Crippen molar-refractivity contribution >= 4 is 11.7 Å². The minimum atomic E-state index is -0.178. The Balaban J connectivity index is 1.98. The number of anilines is 1. The SMILES string of the molecule is CCOc1nc(-c2ccccc2C)n(-c2ccc(NC(=O)N(C)C)cc2)n1. The molecular weight excluding hydrogens is 342 g/mol. The Bertz CT molecular complexity index is 932. The molecule has 27 heavy (non-hydrogen) atoms. The molecule has 0 saturated carbocycles. The normalized spacial score (nSPS) is 10.5. The van der Waals surface area contributed by atoms with Crippen LogP contribution in [0.15, 0.2) is 48.5 Å². The van der Waals surface area contributed by atoms with Gasteiger partial charge in [-0.25, -0.2) is 9.48 Å². The highest BCUT2D eigenvalue weighted by Crippen LogP contribution is 2.26. The second-order valence-electron chi connectivity index (χ2n) is 6.25. The Kier molecular flexibility index (Phi) is 5.40. The van der Waals surface area contributed by atoms with Gasteiger partial charge in [0.05, 0.1) is 12.3 Å². The molecule has 3 aromatic rings. The van der Waals surface area contributed by atoms with Gasteiger partial charge < -0.3 is 15.0 Å². The smallest absolute Gasteiger partial charge is 0.336 e. The maximum atomic E-state index is 11.8. The Labute approximate surface area is 158 Å². The number of hydrogen-bond acceptors (Lipinski definition) is 4. The summed E-state index contributed by atoms with van der Waals surface area (Å²) in [6, 6.07) is 15.6. The van der Waals surface area contributed by atoms with Crippen LogP contribution in [0.5, 0.6) is 6.01 Å². The number of carbonyl (C=O) groups is 1. The molecular formula is C20H23N5O2. The molecule has 7 nitrogen and oxygen atoms in total. The van der Waals surface area contributed by atoms with E-state index in [0.717, 1.165) is 16.8 Å². The summed E-state index contributed by atoms with van der Waals surface area (Å²) in [5.41, 5.74) is 3.62. The van der Waals surface area contributed by atoms with Crippen LogP contribution in [0.1, 0.15) is 12.5 Å². The molecule has 0 fully saturated rings. The van der Waals surface area contributed by atoms with Crippen molar-refractivity contribution < 1.29 is 9.53 Å². The fourth-order valence-corrected chi connectivity index (χ4v) is 2.58. The third kappa shape index (κ3) is 4.08. The largest absolute Gasteiger partial charge is 0.463 e. The maximum Gasteiger partial charge on any atom is 0.336 e. The Morgan fingerprint density at radius 2 is 1.85 bits per heavy atom. The zero-order chi connectivity index (χ0) is 19.4. The molecule has 0 saturated heterocycles. The fraction of sp³-hybridized carbons (Fsp3) is 0.250. The molecule has 0 radical (unpaired) electrons. The highest BCUT2D eigenvalue weighted by Gasteiger charge is 2.16. The molecule has 7 heteroatoms. The average Bonchev–Trinajstić information content (AvgIpc) is 3.06. The summed E-state index contributed by atoms with van der Waals surface area (Å²) in [6.07, 6.45) is 0. The highest BCUT2D eigenvalue weighted by atomic mass is 16.5. The van der Waals surface area contributed by atoms with Gasteiger partial charge in [-0.05, 0) is 43.7 Å². The third-order valence-corrected chi connectivity index (χ3v) is 4.02. The van der Waals surface area contributed by atoms with E-state index in [9.17, 15) is 4.79 Å². The number of amides is 2. The van der Waals surface area contributed by atoms with Gasteiger partial charge in [0.2, 0.25) is 0 Å². The lowest BCUT2D eigenvalue weighted by Crippen LogP contribution is -2.27. The van der Waals surface area contributed by atoms with Crippen molar-refractivity contribution in [2.75, 3.05) is 26.0 Å². The molecule has 0 aliphatic carbocycles. The van der Waals surface area contributed by atoms with E-state index in [1.807, 2.05) is 62.4 Å². The number of rotatable bonds is 5. The molecule has 0 atom stereocenters. The summed E-state index contributed by atoms with van der Waals surface area (Å²) in [5, 5.41) is 7.31. The molecule has 2 aromatic carbocycles. The number of urea groups is 1. The highest BCUT2D eigenvalue weighted by molar-refractivity contribution is 5.89. The van der Waals surface area contributed by atoms with Gasteiger partial charge in [0.25, 0.3) is 0 Å². The summed E-state index contributed by atoms with van der Waals surface area (Å²) >= 11 is 0. The molecule has 0 aliphatic heterocycles. The van der Waals surface area contributed by atoms with Crippen LogP contribution in [0.3, 0.4) is 0 Å². The number of aryl methyl sites for hydroxylation is 1. The van der Waals surface area contributed by atoms with Crippen LogP contribution in [-0.2, 0) is 0 Å². The molecule has 0 unspecified atom stereocenters. The van der Waals surface area contributed by atoms with Crippen LogP contribution >= 0.6 is 0 Å². The number of hydrogen-bond donors (Lipinski definition) is 1.